The van der Waals surface area contributed by atoms with Crippen molar-refractivity contribution in [2.45, 2.75) is 38.5 Å². The molecule has 1 rings (SSSR count). The monoisotopic (exact) mass is 228 g/mol. The molecule has 1 aromatic carbocycles. The zero-order valence-corrected chi connectivity index (χ0v) is 10.1. The van der Waals surface area contributed by atoms with Crippen molar-refractivity contribution in [1.82, 2.24) is 0 Å². The highest BCUT2D eigenvalue weighted by Crippen LogP contribution is 2.18. The normalized spacial score (nSPS) is 13.1. The van der Waals surface area contributed by atoms with E-state index in [1.54, 1.807) is 6.07 Å². The van der Waals surface area contributed by atoms with Gasteiger partial charge in [0.15, 0.2) is 0 Å². The van der Waals surface area contributed by atoms with Crippen LogP contribution in [0.3, 0.4) is 0 Å². The van der Waals surface area contributed by atoms with Gasteiger partial charge in [-0.1, -0.05) is 32.0 Å². The van der Waals surface area contributed by atoms with E-state index < -0.39 is 0 Å². The fraction of sp³-hybridized carbons (Fsp3) is 0.538. The highest BCUT2D eigenvalue weighted by atomic mass is 35.5. The molecule has 2 heteroatoms. The molecule has 1 atom stereocenters. The summed E-state index contributed by atoms with van der Waals surface area (Å²) in [4.78, 5) is 0. The molecule has 0 saturated carbocycles. The lowest BCUT2D eigenvalue weighted by Crippen LogP contribution is -2.05. The van der Waals surface area contributed by atoms with Crippen LogP contribution in [0.4, 0.5) is 4.39 Å². The number of aryl methyl sites for hydroxylation is 1. The molecule has 0 fully saturated rings. The molecular weight excluding hydrogens is 211 g/mol. The van der Waals surface area contributed by atoms with Crippen molar-refractivity contribution in [3.63, 3.8) is 0 Å². The Kier molecular flexibility index (Phi) is 5.10. The van der Waals surface area contributed by atoms with Crippen LogP contribution in [0.2, 0.25) is 0 Å². The van der Waals surface area contributed by atoms with Crippen LogP contribution in [0.25, 0.3) is 0 Å². The largest absolute Gasteiger partial charge is 0.207 e. The highest BCUT2D eigenvalue weighted by molar-refractivity contribution is 6.20. The van der Waals surface area contributed by atoms with Crippen LogP contribution in [-0.4, -0.2) is 5.38 Å². The van der Waals surface area contributed by atoms with Crippen molar-refractivity contribution >= 4 is 11.6 Å². The fourth-order valence-corrected chi connectivity index (χ4v) is 2.11. The van der Waals surface area contributed by atoms with Crippen LogP contribution in [0, 0.1) is 11.7 Å². The molecule has 0 spiro atoms. The summed E-state index contributed by atoms with van der Waals surface area (Å²) >= 11 is 6.16. The number of hydrogen-bond acceptors (Lipinski definition) is 0. The first kappa shape index (κ1) is 12.5. The summed E-state index contributed by atoms with van der Waals surface area (Å²) in [7, 11) is 0. The topological polar surface area (TPSA) is 0 Å². The van der Waals surface area contributed by atoms with Crippen molar-refractivity contribution in [3.8, 4) is 0 Å². The van der Waals surface area contributed by atoms with Crippen molar-refractivity contribution in [1.29, 1.82) is 0 Å². The standard InChI is InChI=1S/C13H18ClF/c1-10(2)9-12(14)8-7-11-5-3-4-6-13(11)15/h3-6,10,12H,7-9H2,1-2H3. The predicted octanol–water partition coefficient (Wildman–Crippen LogP) is 4.41. The van der Waals surface area contributed by atoms with Gasteiger partial charge in [-0.2, -0.15) is 0 Å². The number of hydrogen-bond donors (Lipinski definition) is 0. The van der Waals surface area contributed by atoms with Gasteiger partial charge in [-0.3, -0.25) is 0 Å². The Bertz CT molecular complexity index is 296. The quantitative estimate of drug-likeness (QED) is 0.655. The van der Waals surface area contributed by atoms with E-state index in [2.05, 4.69) is 13.8 Å². The van der Waals surface area contributed by atoms with Gasteiger partial charge in [0.2, 0.25) is 0 Å². The van der Waals surface area contributed by atoms with Crippen molar-refractivity contribution in [2.24, 2.45) is 5.92 Å². The van der Waals surface area contributed by atoms with E-state index >= 15 is 0 Å². The molecule has 0 aliphatic carbocycles. The minimum absolute atomic E-state index is 0.120. The molecule has 0 N–H and O–H groups in total. The molecule has 0 aliphatic rings. The van der Waals surface area contributed by atoms with Crippen LogP contribution in [-0.2, 0) is 6.42 Å². The summed E-state index contributed by atoms with van der Waals surface area (Å²) in [5.41, 5.74) is 0.770. The Balaban J connectivity index is 2.40. The second-order valence-corrected chi connectivity index (χ2v) is 4.97. The second kappa shape index (κ2) is 6.12. The zero-order valence-electron chi connectivity index (χ0n) is 9.34. The van der Waals surface area contributed by atoms with E-state index in [0.717, 1.165) is 24.8 Å². The molecule has 0 heterocycles. The Labute approximate surface area is 96.5 Å². The maximum atomic E-state index is 13.3. The maximum Gasteiger partial charge on any atom is 0.126 e. The molecule has 84 valence electrons. The first-order valence-corrected chi connectivity index (χ1v) is 5.90. The molecule has 0 aliphatic heterocycles. The summed E-state index contributed by atoms with van der Waals surface area (Å²) in [6.45, 7) is 4.30. The molecule has 0 amide bonds. The Morgan fingerprint density at radius 3 is 2.53 bits per heavy atom. The SMILES string of the molecule is CC(C)CC(Cl)CCc1ccccc1F. The summed E-state index contributed by atoms with van der Waals surface area (Å²) in [5.74, 6) is 0.485. The number of halogens is 2. The lowest BCUT2D eigenvalue weighted by Gasteiger charge is -2.11. The van der Waals surface area contributed by atoms with Crippen LogP contribution in [0.1, 0.15) is 32.3 Å². The molecule has 15 heavy (non-hydrogen) atoms. The van der Waals surface area contributed by atoms with Gasteiger partial charge >= 0.3 is 0 Å². The fourth-order valence-electron chi connectivity index (χ4n) is 1.64. The molecule has 1 aromatic rings. The first-order chi connectivity index (χ1) is 7.09. The third-order valence-corrected chi connectivity index (χ3v) is 2.81. The maximum absolute atomic E-state index is 13.3. The lowest BCUT2D eigenvalue weighted by molar-refractivity contribution is 0.537. The number of rotatable bonds is 5. The summed E-state index contributed by atoms with van der Waals surface area (Å²) < 4.78 is 13.3. The van der Waals surface area contributed by atoms with Gasteiger partial charge in [0.25, 0.3) is 0 Å². The van der Waals surface area contributed by atoms with Gasteiger partial charge in [0, 0.05) is 5.38 Å². The molecular formula is C13H18ClF. The van der Waals surface area contributed by atoms with Crippen molar-refractivity contribution in [2.75, 3.05) is 0 Å². The smallest absolute Gasteiger partial charge is 0.126 e. The average molecular weight is 229 g/mol. The molecule has 0 radical (unpaired) electrons. The van der Waals surface area contributed by atoms with Gasteiger partial charge < -0.3 is 0 Å². The zero-order chi connectivity index (χ0) is 11.3. The van der Waals surface area contributed by atoms with Crippen molar-refractivity contribution in [3.05, 3.63) is 35.6 Å². The lowest BCUT2D eigenvalue weighted by atomic mass is 10.0. The molecule has 1 unspecified atom stereocenters. The third-order valence-electron chi connectivity index (χ3n) is 2.41. The van der Waals surface area contributed by atoms with E-state index in [4.69, 9.17) is 11.6 Å². The minimum Gasteiger partial charge on any atom is -0.207 e. The number of alkyl halides is 1. The Morgan fingerprint density at radius 1 is 1.27 bits per heavy atom. The third kappa shape index (κ3) is 4.65. The average Bonchev–Trinajstić information content (AvgIpc) is 2.15. The summed E-state index contributed by atoms with van der Waals surface area (Å²) in [6, 6.07) is 6.91. The van der Waals surface area contributed by atoms with E-state index in [1.807, 2.05) is 12.1 Å². The van der Waals surface area contributed by atoms with E-state index in [0.29, 0.717) is 5.92 Å². The molecule has 0 aromatic heterocycles. The highest BCUT2D eigenvalue weighted by Gasteiger charge is 2.08. The molecule has 0 nitrogen and oxygen atoms in total. The van der Waals surface area contributed by atoms with Gasteiger partial charge in [0.05, 0.1) is 0 Å². The van der Waals surface area contributed by atoms with Crippen LogP contribution >= 0.6 is 11.6 Å². The minimum atomic E-state index is -0.120. The number of benzene rings is 1. The van der Waals surface area contributed by atoms with Crippen LogP contribution < -0.4 is 0 Å². The van der Waals surface area contributed by atoms with E-state index in [-0.39, 0.29) is 11.2 Å². The van der Waals surface area contributed by atoms with E-state index in [1.165, 1.54) is 6.07 Å². The van der Waals surface area contributed by atoms with Crippen LogP contribution in [0.15, 0.2) is 24.3 Å². The van der Waals surface area contributed by atoms with Gasteiger partial charge in [-0.05, 0) is 36.8 Å². The summed E-state index contributed by atoms with van der Waals surface area (Å²) in [6.07, 6.45) is 2.57. The molecule has 0 bridgehead atoms. The second-order valence-electron chi connectivity index (χ2n) is 4.36. The Hall–Kier alpha value is -0.560. The van der Waals surface area contributed by atoms with Gasteiger partial charge in [-0.15, -0.1) is 11.6 Å². The van der Waals surface area contributed by atoms with Gasteiger partial charge in [0.1, 0.15) is 5.82 Å². The Morgan fingerprint density at radius 2 is 1.93 bits per heavy atom. The van der Waals surface area contributed by atoms with Crippen molar-refractivity contribution < 1.29 is 4.39 Å². The molecule has 0 saturated heterocycles. The predicted molar refractivity (Wildman–Crippen MR) is 63.8 cm³/mol. The summed E-state index contributed by atoms with van der Waals surface area (Å²) in [5, 5.41) is 0.157. The van der Waals surface area contributed by atoms with Gasteiger partial charge in [-0.25, -0.2) is 4.39 Å². The first-order valence-electron chi connectivity index (χ1n) is 5.47. The van der Waals surface area contributed by atoms with E-state index in [9.17, 15) is 4.39 Å². The van der Waals surface area contributed by atoms with Crippen LogP contribution in [0.5, 0.6) is 0 Å².